The fourth-order valence-corrected chi connectivity index (χ4v) is 4.63. The molecule has 0 saturated heterocycles. The minimum atomic E-state index is -0.579. The second kappa shape index (κ2) is 12.8. The number of aliphatic imine (C=N–C) groups is 1. The predicted molar refractivity (Wildman–Crippen MR) is 138 cm³/mol. The maximum Gasteiger partial charge on any atom is 0.147 e. The summed E-state index contributed by atoms with van der Waals surface area (Å²) in [5.74, 6) is 2.11. The Morgan fingerprint density at radius 3 is 2.47 bits per heavy atom. The molecule has 1 aromatic rings. The van der Waals surface area contributed by atoms with Crippen molar-refractivity contribution in [2.75, 3.05) is 7.05 Å². The van der Waals surface area contributed by atoms with E-state index in [9.17, 15) is 4.79 Å². The Hall–Kier alpha value is -2.16. The molecule has 0 N–H and O–H groups in total. The van der Waals surface area contributed by atoms with Crippen LogP contribution in [0.25, 0.3) is 0 Å². The SMILES string of the molecule is CCCCC(=NC(C=O)(CC)CCC)N(C)Cc1ccc(C2CC=CC=C2C(C)C)cc1. The van der Waals surface area contributed by atoms with E-state index in [2.05, 4.69) is 89.1 Å². The van der Waals surface area contributed by atoms with Crippen molar-refractivity contribution in [3.05, 3.63) is 59.2 Å². The molecule has 0 amide bonds. The number of allylic oxidation sites excluding steroid dienone is 4. The van der Waals surface area contributed by atoms with Gasteiger partial charge in [0.25, 0.3) is 0 Å². The van der Waals surface area contributed by atoms with E-state index in [4.69, 9.17) is 4.99 Å². The molecule has 3 heteroatoms. The van der Waals surface area contributed by atoms with Gasteiger partial charge in [0.05, 0.1) is 0 Å². The molecule has 2 rings (SSSR count). The number of unbranched alkanes of at least 4 members (excludes halogenated alkanes) is 1. The third kappa shape index (κ3) is 6.92. The second-order valence-electron chi connectivity index (χ2n) is 9.59. The number of carbonyl (C=O) groups is 1. The van der Waals surface area contributed by atoms with E-state index in [1.807, 2.05) is 0 Å². The fourth-order valence-electron chi connectivity index (χ4n) is 4.63. The van der Waals surface area contributed by atoms with E-state index in [1.54, 1.807) is 0 Å². The lowest BCUT2D eigenvalue weighted by atomic mass is 9.80. The van der Waals surface area contributed by atoms with Crippen molar-refractivity contribution in [2.45, 2.75) is 97.6 Å². The number of hydrogen-bond donors (Lipinski definition) is 0. The van der Waals surface area contributed by atoms with Gasteiger partial charge in [-0.05, 0) is 42.7 Å². The van der Waals surface area contributed by atoms with Crippen molar-refractivity contribution in [1.29, 1.82) is 0 Å². The van der Waals surface area contributed by atoms with Crippen LogP contribution in [0.15, 0.2) is 53.1 Å². The maximum absolute atomic E-state index is 12.0. The quantitative estimate of drug-likeness (QED) is 0.193. The highest BCUT2D eigenvalue weighted by Crippen LogP contribution is 2.35. The Bertz CT molecular complexity index is 803. The third-order valence-corrected chi connectivity index (χ3v) is 6.73. The molecule has 0 aromatic heterocycles. The summed E-state index contributed by atoms with van der Waals surface area (Å²) in [6.07, 6.45) is 14.6. The van der Waals surface area contributed by atoms with E-state index in [0.29, 0.717) is 11.8 Å². The van der Waals surface area contributed by atoms with Crippen LogP contribution < -0.4 is 0 Å². The summed E-state index contributed by atoms with van der Waals surface area (Å²) < 4.78 is 0. The first-order valence-electron chi connectivity index (χ1n) is 12.6. The van der Waals surface area contributed by atoms with E-state index in [-0.39, 0.29) is 0 Å². The Morgan fingerprint density at radius 1 is 1.19 bits per heavy atom. The summed E-state index contributed by atoms with van der Waals surface area (Å²) in [4.78, 5) is 19.3. The average Bonchev–Trinajstić information content (AvgIpc) is 2.81. The van der Waals surface area contributed by atoms with Crippen LogP contribution in [-0.2, 0) is 11.3 Å². The molecule has 0 spiro atoms. The van der Waals surface area contributed by atoms with E-state index >= 15 is 0 Å². The van der Waals surface area contributed by atoms with Crippen LogP contribution in [0.2, 0.25) is 0 Å². The Morgan fingerprint density at radius 2 is 1.91 bits per heavy atom. The van der Waals surface area contributed by atoms with Gasteiger partial charge in [-0.15, -0.1) is 0 Å². The summed E-state index contributed by atoms with van der Waals surface area (Å²) in [7, 11) is 2.12. The zero-order valence-electron chi connectivity index (χ0n) is 21.2. The molecule has 0 radical (unpaired) electrons. The Balaban J connectivity index is 2.20. The van der Waals surface area contributed by atoms with Gasteiger partial charge in [-0.25, -0.2) is 0 Å². The van der Waals surface area contributed by atoms with Gasteiger partial charge in [-0.2, -0.15) is 0 Å². The topological polar surface area (TPSA) is 32.7 Å². The fraction of sp³-hybridized carbons (Fsp3) is 0.586. The molecule has 1 aliphatic carbocycles. The molecular weight excluding hydrogens is 392 g/mol. The minimum Gasteiger partial charge on any atom is -0.359 e. The molecular formula is C29H44N2O. The molecule has 1 aliphatic rings. The smallest absolute Gasteiger partial charge is 0.147 e. The van der Waals surface area contributed by atoms with Crippen LogP contribution in [0, 0.1) is 5.92 Å². The van der Waals surface area contributed by atoms with Crippen molar-refractivity contribution in [1.82, 2.24) is 4.90 Å². The number of benzene rings is 1. The van der Waals surface area contributed by atoms with Crippen LogP contribution in [0.1, 0.15) is 96.6 Å². The zero-order valence-corrected chi connectivity index (χ0v) is 21.2. The van der Waals surface area contributed by atoms with Crippen LogP contribution in [0.5, 0.6) is 0 Å². The number of hydrogen-bond acceptors (Lipinski definition) is 2. The molecule has 32 heavy (non-hydrogen) atoms. The molecule has 2 atom stereocenters. The lowest BCUT2D eigenvalue weighted by Gasteiger charge is -2.28. The number of nitrogens with zero attached hydrogens (tertiary/aromatic N) is 2. The van der Waals surface area contributed by atoms with Crippen molar-refractivity contribution in [3.8, 4) is 0 Å². The summed E-state index contributed by atoms with van der Waals surface area (Å²) in [6.45, 7) is 11.8. The highest BCUT2D eigenvalue weighted by atomic mass is 16.1. The monoisotopic (exact) mass is 436 g/mol. The van der Waals surface area contributed by atoms with Crippen LogP contribution in [-0.4, -0.2) is 29.6 Å². The largest absolute Gasteiger partial charge is 0.359 e. The standard InChI is InChI=1S/C29H44N2O/c1-7-10-15-28(30-29(9-3,22-32)20-8-2)31(6)21-24-16-18-25(19-17-24)27-14-12-11-13-26(27)23(4)5/h11-13,16-19,22-23,27H,7-10,14-15,20-21H2,1-6H3. The normalized spacial score (nSPS) is 18.4. The first-order valence-corrected chi connectivity index (χ1v) is 12.6. The van der Waals surface area contributed by atoms with Crippen molar-refractivity contribution in [2.24, 2.45) is 10.9 Å². The van der Waals surface area contributed by atoms with Crippen molar-refractivity contribution >= 4 is 12.1 Å². The van der Waals surface area contributed by atoms with E-state index in [0.717, 1.165) is 63.6 Å². The van der Waals surface area contributed by atoms with Crippen molar-refractivity contribution in [3.63, 3.8) is 0 Å². The van der Waals surface area contributed by atoms with Gasteiger partial charge in [0.2, 0.25) is 0 Å². The van der Waals surface area contributed by atoms with Gasteiger partial charge < -0.3 is 9.69 Å². The average molecular weight is 437 g/mol. The number of rotatable bonds is 12. The van der Waals surface area contributed by atoms with Crippen LogP contribution in [0.4, 0.5) is 0 Å². The predicted octanol–water partition coefficient (Wildman–Crippen LogP) is 7.48. The first kappa shape index (κ1) is 26.1. The second-order valence-corrected chi connectivity index (χ2v) is 9.59. The van der Waals surface area contributed by atoms with E-state index < -0.39 is 5.54 Å². The molecule has 0 bridgehead atoms. The molecule has 2 unspecified atom stereocenters. The molecule has 0 saturated carbocycles. The lowest BCUT2D eigenvalue weighted by molar-refractivity contribution is -0.112. The number of carbonyl (C=O) groups excluding carboxylic acids is 1. The number of amidine groups is 1. The summed E-state index contributed by atoms with van der Waals surface area (Å²) in [5, 5.41) is 0. The highest BCUT2D eigenvalue weighted by molar-refractivity contribution is 5.85. The molecule has 3 nitrogen and oxygen atoms in total. The van der Waals surface area contributed by atoms with Gasteiger partial charge in [0.1, 0.15) is 17.7 Å². The molecule has 176 valence electrons. The molecule has 0 aliphatic heterocycles. The van der Waals surface area contributed by atoms with Gasteiger partial charge in [0.15, 0.2) is 0 Å². The first-order chi connectivity index (χ1) is 15.4. The Kier molecular flexibility index (Phi) is 10.4. The van der Waals surface area contributed by atoms with Gasteiger partial charge in [-0.3, -0.25) is 4.99 Å². The van der Waals surface area contributed by atoms with Crippen molar-refractivity contribution < 1.29 is 4.79 Å². The summed E-state index contributed by atoms with van der Waals surface area (Å²) >= 11 is 0. The van der Waals surface area contributed by atoms with Gasteiger partial charge in [0, 0.05) is 25.9 Å². The highest BCUT2D eigenvalue weighted by Gasteiger charge is 2.27. The molecule has 0 heterocycles. The van der Waals surface area contributed by atoms with E-state index in [1.165, 1.54) is 16.7 Å². The molecule has 1 aromatic carbocycles. The summed E-state index contributed by atoms with van der Waals surface area (Å²) in [6, 6.07) is 9.12. The van der Waals surface area contributed by atoms with Crippen LogP contribution in [0.3, 0.4) is 0 Å². The van der Waals surface area contributed by atoms with Gasteiger partial charge >= 0.3 is 0 Å². The minimum absolute atomic E-state index is 0.486. The number of aldehydes is 1. The molecule has 0 fully saturated rings. The lowest BCUT2D eigenvalue weighted by Crippen LogP contribution is -2.34. The zero-order chi connectivity index (χ0) is 23.6. The van der Waals surface area contributed by atoms with Crippen LogP contribution >= 0.6 is 0 Å². The maximum atomic E-state index is 12.0. The Labute approximate surface area is 196 Å². The third-order valence-electron chi connectivity index (χ3n) is 6.73. The van der Waals surface area contributed by atoms with Gasteiger partial charge in [-0.1, -0.05) is 95.5 Å². The summed E-state index contributed by atoms with van der Waals surface area (Å²) in [5.41, 5.74) is 3.62.